The summed E-state index contributed by atoms with van der Waals surface area (Å²) in [6.45, 7) is 7.83. The van der Waals surface area contributed by atoms with Crippen molar-refractivity contribution in [1.29, 1.82) is 0 Å². The Kier molecular flexibility index (Phi) is 5.04. The fourth-order valence-corrected chi connectivity index (χ4v) is 1.95. The van der Waals surface area contributed by atoms with Crippen molar-refractivity contribution >= 4 is 11.7 Å². The summed E-state index contributed by atoms with van der Waals surface area (Å²) < 4.78 is 10.7. The summed E-state index contributed by atoms with van der Waals surface area (Å²) >= 11 is 0. The van der Waals surface area contributed by atoms with Gasteiger partial charge in [0.2, 0.25) is 0 Å². The van der Waals surface area contributed by atoms with Gasteiger partial charge in [-0.1, -0.05) is 22.9 Å². The molecule has 0 radical (unpaired) electrons. The van der Waals surface area contributed by atoms with E-state index in [-0.39, 0.29) is 12.1 Å². The van der Waals surface area contributed by atoms with Crippen LogP contribution in [0.5, 0.6) is 5.75 Å². The molecule has 0 aliphatic rings. The molecule has 1 unspecified atom stereocenters. The van der Waals surface area contributed by atoms with E-state index in [1.807, 2.05) is 38.1 Å². The fourth-order valence-electron chi connectivity index (χ4n) is 1.95. The molecule has 1 atom stereocenters. The lowest BCUT2D eigenvalue weighted by molar-refractivity contribution is 0.212. The van der Waals surface area contributed by atoms with E-state index < -0.39 is 0 Å². The van der Waals surface area contributed by atoms with Crippen molar-refractivity contribution in [2.75, 3.05) is 11.9 Å². The second-order valence-corrected chi connectivity index (χ2v) is 5.28. The molecule has 2 N–H and O–H groups in total. The van der Waals surface area contributed by atoms with Gasteiger partial charge in [0.1, 0.15) is 23.2 Å². The highest BCUT2D eigenvalue weighted by atomic mass is 16.5. The first-order valence-corrected chi connectivity index (χ1v) is 7.16. The summed E-state index contributed by atoms with van der Waals surface area (Å²) in [6.07, 6.45) is -0.141. The minimum atomic E-state index is -0.311. The number of nitrogens with one attached hydrogen (secondary N) is 2. The van der Waals surface area contributed by atoms with Gasteiger partial charge in [-0.05, 0) is 39.8 Å². The molecule has 0 spiro atoms. The van der Waals surface area contributed by atoms with Gasteiger partial charge in [-0.2, -0.15) is 0 Å². The van der Waals surface area contributed by atoms with Gasteiger partial charge in [0.05, 0.1) is 6.54 Å². The van der Waals surface area contributed by atoms with Crippen LogP contribution in [0.1, 0.15) is 23.9 Å². The first-order valence-electron chi connectivity index (χ1n) is 7.16. The summed E-state index contributed by atoms with van der Waals surface area (Å²) in [7, 11) is 0. The van der Waals surface area contributed by atoms with Crippen LogP contribution in [0.3, 0.4) is 0 Å². The number of amides is 2. The van der Waals surface area contributed by atoms with Crippen LogP contribution in [0.2, 0.25) is 0 Å². The zero-order valence-electron chi connectivity index (χ0n) is 13.3. The normalized spacial score (nSPS) is 11.8. The molecule has 0 aliphatic heterocycles. The number of urea groups is 1. The van der Waals surface area contributed by atoms with Gasteiger partial charge < -0.3 is 19.9 Å². The lowest BCUT2D eigenvalue weighted by atomic mass is 10.2. The van der Waals surface area contributed by atoms with Crippen LogP contribution >= 0.6 is 0 Å². The number of anilines is 1. The van der Waals surface area contributed by atoms with Crippen LogP contribution in [0.25, 0.3) is 0 Å². The molecule has 0 fully saturated rings. The third-order valence-corrected chi connectivity index (χ3v) is 3.18. The van der Waals surface area contributed by atoms with E-state index in [0.717, 1.165) is 5.75 Å². The van der Waals surface area contributed by atoms with Crippen LogP contribution in [0.4, 0.5) is 10.5 Å². The minimum absolute atomic E-state index is 0.141. The molecule has 1 heterocycles. The van der Waals surface area contributed by atoms with Crippen molar-refractivity contribution in [2.24, 2.45) is 0 Å². The second-order valence-electron chi connectivity index (χ2n) is 5.28. The molecule has 6 heteroatoms. The third kappa shape index (κ3) is 4.25. The number of benzene rings is 1. The maximum Gasteiger partial charge on any atom is 0.319 e. The van der Waals surface area contributed by atoms with Gasteiger partial charge in [-0.15, -0.1) is 0 Å². The van der Waals surface area contributed by atoms with Gasteiger partial charge >= 0.3 is 6.03 Å². The van der Waals surface area contributed by atoms with E-state index in [0.29, 0.717) is 23.7 Å². The smallest absolute Gasteiger partial charge is 0.319 e. The highest BCUT2D eigenvalue weighted by Gasteiger charge is 2.13. The highest BCUT2D eigenvalue weighted by Crippen LogP contribution is 2.18. The Morgan fingerprint density at radius 1 is 1.27 bits per heavy atom. The quantitative estimate of drug-likeness (QED) is 0.889. The standard InChI is InChI=1S/C16H21N3O3/c1-10-5-7-14(8-6-10)21-11(2)9-17-16(20)18-15-12(3)19-22-13(15)4/h5-8,11H,9H2,1-4H3,(H2,17,18,20). The predicted octanol–water partition coefficient (Wildman–Crippen LogP) is 3.19. The Morgan fingerprint density at radius 3 is 2.55 bits per heavy atom. The van der Waals surface area contributed by atoms with Gasteiger partial charge in [0.25, 0.3) is 0 Å². The molecule has 0 bridgehead atoms. The van der Waals surface area contributed by atoms with Crippen LogP contribution < -0.4 is 15.4 Å². The van der Waals surface area contributed by atoms with E-state index in [1.165, 1.54) is 5.56 Å². The second kappa shape index (κ2) is 6.98. The lowest BCUT2D eigenvalue weighted by Crippen LogP contribution is -2.36. The monoisotopic (exact) mass is 303 g/mol. The summed E-state index contributed by atoms with van der Waals surface area (Å²) in [4.78, 5) is 11.9. The van der Waals surface area contributed by atoms with Gasteiger partial charge in [-0.3, -0.25) is 0 Å². The molecule has 1 aromatic heterocycles. The molecule has 2 rings (SSSR count). The average molecular weight is 303 g/mol. The Bertz CT molecular complexity index is 615. The van der Waals surface area contributed by atoms with Gasteiger partial charge in [0, 0.05) is 0 Å². The number of hydrogen-bond acceptors (Lipinski definition) is 4. The van der Waals surface area contributed by atoms with E-state index in [9.17, 15) is 4.79 Å². The molecular formula is C16H21N3O3. The SMILES string of the molecule is Cc1ccc(OC(C)CNC(=O)Nc2c(C)noc2C)cc1. The van der Waals surface area contributed by atoms with Crippen LogP contribution in [0.15, 0.2) is 28.8 Å². The zero-order chi connectivity index (χ0) is 16.1. The van der Waals surface area contributed by atoms with Crippen molar-refractivity contribution in [3.63, 3.8) is 0 Å². The fraction of sp³-hybridized carbons (Fsp3) is 0.375. The summed E-state index contributed by atoms with van der Waals surface area (Å²) in [5.74, 6) is 1.36. The lowest BCUT2D eigenvalue weighted by Gasteiger charge is -2.16. The zero-order valence-corrected chi connectivity index (χ0v) is 13.3. The van der Waals surface area contributed by atoms with E-state index in [4.69, 9.17) is 9.26 Å². The first kappa shape index (κ1) is 15.9. The van der Waals surface area contributed by atoms with Crippen molar-refractivity contribution < 1.29 is 14.1 Å². The van der Waals surface area contributed by atoms with Gasteiger partial charge in [-0.25, -0.2) is 4.79 Å². The van der Waals surface area contributed by atoms with Crippen LogP contribution in [-0.4, -0.2) is 23.8 Å². The molecule has 1 aromatic carbocycles. The summed E-state index contributed by atoms with van der Waals surface area (Å²) in [6, 6.07) is 7.49. The molecule has 0 saturated heterocycles. The maximum absolute atomic E-state index is 11.9. The molecule has 2 aromatic rings. The Morgan fingerprint density at radius 2 is 1.95 bits per heavy atom. The number of ether oxygens (including phenoxy) is 1. The molecule has 2 amide bonds. The number of aromatic nitrogens is 1. The topological polar surface area (TPSA) is 76.4 Å². The first-order chi connectivity index (χ1) is 10.5. The van der Waals surface area contributed by atoms with E-state index in [1.54, 1.807) is 13.8 Å². The maximum atomic E-state index is 11.9. The average Bonchev–Trinajstić information content (AvgIpc) is 2.79. The number of nitrogens with zero attached hydrogens (tertiary/aromatic N) is 1. The molecule has 6 nitrogen and oxygen atoms in total. The van der Waals surface area contributed by atoms with Crippen molar-refractivity contribution in [2.45, 2.75) is 33.8 Å². The van der Waals surface area contributed by atoms with Crippen LogP contribution in [0, 0.1) is 20.8 Å². The highest BCUT2D eigenvalue weighted by molar-refractivity contribution is 5.90. The Labute approximate surface area is 129 Å². The number of aryl methyl sites for hydroxylation is 3. The van der Waals surface area contributed by atoms with Crippen LogP contribution in [-0.2, 0) is 0 Å². The van der Waals surface area contributed by atoms with Crippen molar-refractivity contribution in [3.8, 4) is 5.75 Å². The molecular weight excluding hydrogens is 282 g/mol. The van der Waals surface area contributed by atoms with Crippen molar-refractivity contribution in [1.82, 2.24) is 10.5 Å². The summed E-state index contributed by atoms with van der Waals surface area (Å²) in [5.41, 5.74) is 2.43. The molecule has 0 aliphatic carbocycles. The van der Waals surface area contributed by atoms with E-state index in [2.05, 4.69) is 15.8 Å². The third-order valence-electron chi connectivity index (χ3n) is 3.18. The number of carbonyl (C=O) groups excluding carboxylic acids is 1. The number of rotatable bonds is 5. The molecule has 22 heavy (non-hydrogen) atoms. The number of hydrogen-bond donors (Lipinski definition) is 2. The Balaban J connectivity index is 1.79. The Hall–Kier alpha value is -2.50. The summed E-state index contributed by atoms with van der Waals surface area (Å²) in [5, 5.41) is 9.27. The molecule has 118 valence electrons. The minimum Gasteiger partial charge on any atom is -0.489 e. The largest absolute Gasteiger partial charge is 0.489 e. The van der Waals surface area contributed by atoms with E-state index >= 15 is 0 Å². The number of carbonyl (C=O) groups is 1. The van der Waals surface area contributed by atoms with Gasteiger partial charge in [0.15, 0.2) is 5.76 Å². The predicted molar refractivity (Wildman–Crippen MR) is 84.3 cm³/mol. The molecule has 0 saturated carbocycles. The van der Waals surface area contributed by atoms with Crippen molar-refractivity contribution in [3.05, 3.63) is 41.3 Å².